The number of rotatable bonds is 3. The highest BCUT2D eigenvalue weighted by Crippen LogP contribution is 2.30. The predicted octanol–water partition coefficient (Wildman–Crippen LogP) is 3.44. The lowest BCUT2D eigenvalue weighted by Gasteiger charge is -2.14. The fourth-order valence-electron chi connectivity index (χ4n) is 2.95. The molecule has 20 heavy (non-hydrogen) atoms. The minimum Gasteiger partial charge on any atom is -0.339 e. The van der Waals surface area contributed by atoms with E-state index in [9.17, 15) is 0 Å². The molecular formula is C17H21N3. The lowest BCUT2D eigenvalue weighted by atomic mass is 10.00. The van der Waals surface area contributed by atoms with E-state index >= 15 is 0 Å². The van der Waals surface area contributed by atoms with Crippen LogP contribution in [0.5, 0.6) is 0 Å². The molecule has 0 fully saturated rings. The van der Waals surface area contributed by atoms with Gasteiger partial charge in [0, 0.05) is 28.5 Å². The third kappa shape index (κ3) is 2.08. The molecule has 0 atom stereocenters. The molecule has 0 aliphatic carbocycles. The van der Waals surface area contributed by atoms with E-state index in [1.807, 2.05) is 0 Å². The highest BCUT2D eigenvalue weighted by molar-refractivity contribution is 6.07. The summed E-state index contributed by atoms with van der Waals surface area (Å²) in [6, 6.07) is 8.44. The van der Waals surface area contributed by atoms with E-state index < -0.39 is 0 Å². The molecule has 3 nitrogen and oxygen atoms in total. The lowest BCUT2D eigenvalue weighted by Crippen LogP contribution is -2.16. The van der Waals surface area contributed by atoms with Crippen molar-refractivity contribution in [1.82, 2.24) is 14.9 Å². The maximum Gasteiger partial charge on any atom is 0.138 e. The molecule has 1 N–H and O–H groups in total. The number of H-pyrrole nitrogens is 1. The molecule has 0 saturated heterocycles. The number of para-hydroxylation sites is 1. The number of hydrogen-bond donors (Lipinski definition) is 1. The number of benzene rings is 1. The molecule has 0 radical (unpaired) electrons. The average Bonchev–Trinajstić information content (AvgIpc) is 2.75. The Morgan fingerprint density at radius 3 is 2.65 bits per heavy atom. The van der Waals surface area contributed by atoms with Gasteiger partial charge in [-0.05, 0) is 51.6 Å². The van der Waals surface area contributed by atoms with Crippen LogP contribution >= 0.6 is 0 Å². The van der Waals surface area contributed by atoms with Gasteiger partial charge >= 0.3 is 0 Å². The van der Waals surface area contributed by atoms with Crippen molar-refractivity contribution in [1.29, 1.82) is 0 Å². The van der Waals surface area contributed by atoms with Crippen molar-refractivity contribution in [3.63, 3.8) is 0 Å². The Morgan fingerprint density at radius 2 is 1.90 bits per heavy atom. The second-order valence-electron chi connectivity index (χ2n) is 5.75. The number of aromatic amines is 1. The number of hydrogen-bond acceptors (Lipinski definition) is 2. The Hall–Kier alpha value is -1.87. The number of aromatic nitrogens is 2. The van der Waals surface area contributed by atoms with Gasteiger partial charge in [0.15, 0.2) is 0 Å². The van der Waals surface area contributed by atoms with Crippen molar-refractivity contribution in [2.75, 3.05) is 20.6 Å². The molecule has 2 aromatic heterocycles. The summed E-state index contributed by atoms with van der Waals surface area (Å²) in [5.74, 6) is 0. The monoisotopic (exact) mass is 267 g/mol. The zero-order valence-electron chi connectivity index (χ0n) is 12.6. The normalized spacial score (nSPS) is 11.8. The van der Waals surface area contributed by atoms with Crippen molar-refractivity contribution in [2.24, 2.45) is 0 Å². The van der Waals surface area contributed by atoms with Crippen molar-refractivity contribution in [3.8, 4) is 0 Å². The Kier molecular flexibility index (Phi) is 3.22. The molecule has 3 aromatic rings. The zero-order valence-corrected chi connectivity index (χ0v) is 12.6. The van der Waals surface area contributed by atoms with Crippen molar-refractivity contribution < 1.29 is 0 Å². The fraction of sp³-hybridized carbons (Fsp3) is 0.353. The first-order chi connectivity index (χ1) is 9.58. The van der Waals surface area contributed by atoms with Crippen LogP contribution in [-0.4, -0.2) is 35.5 Å². The Balaban J connectivity index is 2.24. The van der Waals surface area contributed by atoms with Gasteiger partial charge in [0.05, 0.1) is 0 Å². The van der Waals surface area contributed by atoms with Crippen LogP contribution < -0.4 is 0 Å². The molecule has 3 rings (SSSR count). The molecule has 0 unspecified atom stereocenters. The summed E-state index contributed by atoms with van der Waals surface area (Å²) in [4.78, 5) is 10.4. The van der Waals surface area contributed by atoms with Crippen LogP contribution in [-0.2, 0) is 6.42 Å². The maximum atomic E-state index is 4.78. The zero-order chi connectivity index (χ0) is 14.3. The van der Waals surface area contributed by atoms with Gasteiger partial charge in [0.25, 0.3) is 0 Å². The SMILES string of the molecule is Cc1nc2[nH]c3ccccc3c2c(C)c1CCN(C)C. The van der Waals surface area contributed by atoms with E-state index in [1.165, 1.54) is 27.4 Å². The van der Waals surface area contributed by atoms with Gasteiger partial charge in [0.2, 0.25) is 0 Å². The molecule has 1 aromatic carbocycles. The smallest absolute Gasteiger partial charge is 0.138 e. The first-order valence-corrected chi connectivity index (χ1v) is 7.09. The standard InChI is InChI=1S/C17H21N3/c1-11-13(9-10-20(3)4)12(2)18-17-16(11)14-7-5-6-8-15(14)19-17/h5-8H,9-10H2,1-4H3,(H,18,19). The number of pyridine rings is 1. The Labute approximate surface area is 119 Å². The average molecular weight is 267 g/mol. The topological polar surface area (TPSA) is 31.9 Å². The predicted molar refractivity (Wildman–Crippen MR) is 85.3 cm³/mol. The minimum atomic E-state index is 1.01. The number of likely N-dealkylation sites (N-methyl/N-ethyl adjacent to an activating group) is 1. The highest BCUT2D eigenvalue weighted by Gasteiger charge is 2.13. The fourth-order valence-corrected chi connectivity index (χ4v) is 2.95. The van der Waals surface area contributed by atoms with Crippen LogP contribution in [0.2, 0.25) is 0 Å². The molecule has 0 aliphatic rings. The summed E-state index contributed by atoms with van der Waals surface area (Å²) < 4.78 is 0. The number of nitrogens with zero attached hydrogens (tertiary/aromatic N) is 2. The van der Waals surface area contributed by atoms with Crippen LogP contribution in [0.25, 0.3) is 21.9 Å². The first kappa shape index (κ1) is 13.1. The minimum absolute atomic E-state index is 1.01. The Bertz CT molecular complexity index is 769. The van der Waals surface area contributed by atoms with Crippen LogP contribution in [0.1, 0.15) is 16.8 Å². The molecule has 0 amide bonds. The summed E-state index contributed by atoms with van der Waals surface area (Å²) in [6.07, 6.45) is 1.05. The summed E-state index contributed by atoms with van der Waals surface area (Å²) >= 11 is 0. The largest absolute Gasteiger partial charge is 0.339 e. The Morgan fingerprint density at radius 1 is 1.15 bits per heavy atom. The lowest BCUT2D eigenvalue weighted by molar-refractivity contribution is 0.413. The second kappa shape index (κ2) is 4.91. The summed E-state index contributed by atoms with van der Waals surface area (Å²) in [6.45, 7) is 5.39. The molecule has 0 saturated carbocycles. The third-order valence-electron chi connectivity index (χ3n) is 4.04. The van der Waals surface area contributed by atoms with Crippen molar-refractivity contribution >= 4 is 21.9 Å². The number of aryl methyl sites for hydroxylation is 2. The first-order valence-electron chi connectivity index (χ1n) is 7.09. The number of nitrogens with one attached hydrogen (secondary N) is 1. The van der Waals surface area contributed by atoms with E-state index in [4.69, 9.17) is 4.98 Å². The number of fused-ring (bicyclic) bond motifs is 3. The van der Waals surface area contributed by atoms with Crippen LogP contribution in [0.4, 0.5) is 0 Å². The highest BCUT2D eigenvalue weighted by atomic mass is 15.0. The molecule has 0 spiro atoms. The van der Waals surface area contributed by atoms with Crippen LogP contribution in [0, 0.1) is 13.8 Å². The van der Waals surface area contributed by atoms with E-state index in [2.05, 4.69) is 62.1 Å². The van der Waals surface area contributed by atoms with Gasteiger partial charge in [-0.25, -0.2) is 4.98 Å². The molecular weight excluding hydrogens is 246 g/mol. The molecule has 3 heteroatoms. The summed E-state index contributed by atoms with van der Waals surface area (Å²) in [5, 5.41) is 2.55. The summed E-state index contributed by atoms with van der Waals surface area (Å²) in [7, 11) is 4.23. The maximum absolute atomic E-state index is 4.78. The second-order valence-corrected chi connectivity index (χ2v) is 5.75. The van der Waals surface area contributed by atoms with Gasteiger partial charge in [0.1, 0.15) is 5.65 Å². The van der Waals surface area contributed by atoms with E-state index in [0.717, 1.165) is 24.3 Å². The van der Waals surface area contributed by atoms with E-state index in [1.54, 1.807) is 0 Å². The molecule has 0 aliphatic heterocycles. The third-order valence-corrected chi connectivity index (χ3v) is 4.04. The van der Waals surface area contributed by atoms with E-state index in [-0.39, 0.29) is 0 Å². The summed E-state index contributed by atoms with van der Waals surface area (Å²) in [5.41, 5.74) is 6.07. The molecule has 104 valence electrons. The van der Waals surface area contributed by atoms with Gasteiger partial charge in [-0.3, -0.25) is 0 Å². The van der Waals surface area contributed by atoms with E-state index in [0.29, 0.717) is 0 Å². The van der Waals surface area contributed by atoms with Crippen molar-refractivity contribution in [2.45, 2.75) is 20.3 Å². The van der Waals surface area contributed by atoms with Gasteiger partial charge in [-0.1, -0.05) is 18.2 Å². The quantitative estimate of drug-likeness (QED) is 0.788. The molecule has 2 heterocycles. The van der Waals surface area contributed by atoms with Gasteiger partial charge in [-0.2, -0.15) is 0 Å². The van der Waals surface area contributed by atoms with Gasteiger partial charge < -0.3 is 9.88 Å². The van der Waals surface area contributed by atoms with Crippen LogP contribution in [0.15, 0.2) is 24.3 Å². The van der Waals surface area contributed by atoms with Crippen molar-refractivity contribution in [3.05, 3.63) is 41.1 Å². The molecule has 0 bridgehead atoms. The van der Waals surface area contributed by atoms with Gasteiger partial charge in [-0.15, -0.1) is 0 Å². The van der Waals surface area contributed by atoms with Crippen LogP contribution in [0.3, 0.4) is 0 Å².